The maximum atomic E-state index is 13.0. The SMILES string of the molecule is CCCN(CC1CC1)C(=O)COC(=O)c1cc(S(=O)(=O)N(C)C)ccc1N1CCCC1. The Labute approximate surface area is 185 Å². The van der Waals surface area contributed by atoms with Crippen LogP contribution in [0.1, 0.15) is 49.4 Å². The van der Waals surface area contributed by atoms with Gasteiger partial charge in [-0.25, -0.2) is 17.5 Å². The molecule has 2 aliphatic rings. The van der Waals surface area contributed by atoms with E-state index in [0.717, 1.165) is 49.5 Å². The van der Waals surface area contributed by atoms with Crippen molar-refractivity contribution in [1.29, 1.82) is 0 Å². The van der Waals surface area contributed by atoms with E-state index in [-0.39, 0.29) is 23.0 Å². The summed E-state index contributed by atoms with van der Waals surface area (Å²) in [5.74, 6) is -0.322. The second kappa shape index (κ2) is 9.99. The van der Waals surface area contributed by atoms with Crippen LogP contribution in [0.2, 0.25) is 0 Å². The van der Waals surface area contributed by atoms with Gasteiger partial charge in [0.25, 0.3) is 5.91 Å². The number of hydrogen-bond acceptors (Lipinski definition) is 6. The number of nitrogens with zero attached hydrogens (tertiary/aromatic N) is 3. The number of rotatable bonds is 10. The van der Waals surface area contributed by atoms with Crippen LogP contribution in [-0.4, -0.2) is 76.4 Å². The average Bonchev–Trinajstić information content (AvgIpc) is 3.40. The molecule has 1 aliphatic heterocycles. The van der Waals surface area contributed by atoms with Gasteiger partial charge in [0.15, 0.2) is 6.61 Å². The van der Waals surface area contributed by atoms with Crippen LogP contribution >= 0.6 is 0 Å². The Kier molecular flexibility index (Phi) is 7.59. The van der Waals surface area contributed by atoms with E-state index in [0.29, 0.717) is 24.7 Å². The fourth-order valence-electron chi connectivity index (χ4n) is 3.78. The van der Waals surface area contributed by atoms with E-state index in [1.165, 1.54) is 26.2 Å². The predicted molar refractivity (Wildman–Crippen MR) is 119 cm³/mol. The molecular formula is C22H33N3O5S. The first-order chi connectivity index (χ1) is 14.7. The number of carbonyl (C=O) groups excluding carboxylic acids is 2. The molecule has 1 aromatic rings. The van der Waals surface area contributed by atoms with Crippen molar-refractivity contribution in [3.8, 4) is 0 Å². The van der Waals surface area contributed by atoms with Crippen molar-refractivity contribution in [1.82, 2.24) is 9.21 Å². The highest BCUT2D eigenvalue weighted by Gasteiger charge is 2.28. The lowest BCUT2D eigenvalue weighted by molar-refractivity contribution is -0.134. The average molecular weight is 452 g/mol. The van der Waals surface area contributed by atoms with E-state index in [1.54, 1.807) is 11.0 Å². The van der Waals surface area contributed by atoms with Crippen LogP contribution in [0.4, 0.5) is 5.69 Å². The summed E-state index contributed by atoms with van der Waals surface area (Å²) in [5, 5.41) is 0. The summed E-state index contributed by atoms with van der Waals surface area (Å²) in [6, 6.07) is 4.55. The smallest absolute Gasteiger partial charge is 0.340 e. The molecule has 31 heavy (non-hydrogen) atoms. The van der Waals surface area contributed by atoms with Gasteiger partial charge in [0.05, 0.1) is 16.1 Å². The van der Waals surface area contributed by atoms with Gasteiger partial charge >= 0.3 is 5.97 Å². The number of benzene rings is 1. The summed E-state index contributed by atoms with van der Waals surface area (Å²) in [6.07, 6.45) is 5.14. The Morgan fingerprint density at radius 3 is 2.42 bits per heavy atom. The molecule has 1 aliphatic carbocycles. The molecule has 0 aromatic heterocycles. The highest BCUT2D eigenvalue weighted by Crippen LogP contribution is 2.30. The van der Waals surface area contributed by atoms with Gasteiger partial charge in [-0.15, -0.1) is 0 Å². The van der Waals surface area contributed by atoms with Crippen molar-refractivity contribution < 1.29 is 22.7 Å². The van der Waals surface area contributed by atoms with E-state index in [9.17, 15) is 18.0 Å². The Bertz CT molecular complexity index is 906. The van der Waals surface area contributed by atoms with E-state index < -0.39 is 16.0 Å². The van der Waals surface area contributed by atoms with Crippen LogP contribution < -0.4 is 4.90 Å². The second-order valence-corrected chi connectivity index (χ2v) is 10.7. The zero-order valence-electron chi connectivity index (χ0n) is 18.7. The quantitative estimate of drug-likeness (QED) is 0.508. The summed E-state index contributed by atoms with van der Waals surface area (Å²) in [6.45, 7) is 4.62. The number of ether oxygens (including phenoxy) is 1. The molecule has 1 heterocycles. The fraction of sp³-hybridized carbons (Fsp3) is 0.636. The van der Waals surface area contributed by atoms with E-state index in [1.807, 2.05) is 6.92 Å². The number of amides is 1. The third-order valence-corrected chi connectivity index (χ3v) is 7.57. The van der Waals surface area contributed by atoms with Crippen LogP contribution in [0, 0.1) is 5.92 Å². The molecule has 1 saturated carbocycles. The molecule has 0 atom stereocenters. The monoisotopic (exact) mass is 451 g/mol. The van der Waals surface area contributed by atoms with Crippen LogP contribution in [0.15, 0.2) is 23.1 Å². The Morgan fingerprint density at radius 2 is 1.84 bits per heavy atom. The summed E-state index contributed by atoms with van der Waals surface area (Å²) in [7, 11) is -0.806. The Balaban J connectivity index is 1.79. The maximum Gasteiger partial charge on any atom is 0.340 e. The number of hydrogen-bond donors (Lipinski definition) is 0. The molecule has 1 amide bonds. The lowest BCUT2D eigenvalue weighted by Crippen LogP contribution is -2.37. The molecule has 9 heteroatoms. The molecule has 0 spiro atoms. The molecule has 0 radical (unpaired) electrons. The first-order valence-electron chi connectivity index (χ1n) is 11.0. The molecule has 8 nitrogen and oxygen atoms in total. The topological polar surface area (TPSA) is 87.2 Å². The number of anilines is 1. The molecule has 0 bridgehead atoms. The standard InChI is InChI=1S/C22H33N3O5S/c1-4-11-25(15-17-7-8-17)21(26)16-30-22(27)19-14-18(31(28,29)23(2)3)9-10-20(19)24-12-5-6-13-24/h9-10,14,17H,4-8,11-13,15-16H2,1-3H3. The molecular weight excluding hydrogens is 418 g/mol. The van der Waals surface area contributed by atoms with Crippen molar-refractivity contribution in [2.24, 2.45) is 5.92 Å². The maximum absolute atomic E-state index is 13.0. The predicted octanol–water partition coefficient (Wildman–Crippen LogP) is 2.34. The third kappa shape index (κ3) is 5.77. The molecule has 172 valence electrons. The number of carbonyl (C=O) groups is 2. The molecule has 3 rings (SSSR count). The molecule has 0 N–H and O–H groups in total. The second-order valence-electron chi connectivity index (χ2n) is 8.52. The highest BCUT2D eigenvalue weighted by molar-refractivity contribution is 7.89. The molecule has 0 unspecified atom stereocenters. The third-order valence-electron chi connectivity index (χ3n) is 5.76. The van der Waals surface area contributed by atoms with Gasteiger partial charge in [-0.05, 0) is 56.2 Å². The lowest BCUT2D eigenvalue weighted by Gasteiger charge is -2.23. The first kappa shape index (κ1) is 23.5. The van der Waals surface area contributed by atoms with Gasteiger partial charge in [0, 0.05) is 40.3 Å². The normalized spacial score (nSPS) is 16.6. The molecule has 2 fully saturated rings. The minimum Gasteiger partial charge on any atom is -0.452 e. The first-order valence-corrected chi connectivity index (χ1v) is 12.4. The van der Waals surface area contributed by atoms with E-state index in [4.69, 9.17) is 4.74 Å². The van der Waals surface area contributed by atoms with Crippen molar-refractivity contribution in [3.63, 3.8) is 0 Å². The fourth-order valence-corrected chi connectivity index (χ4v) is 4.71. The van der Waals surface area contributed by atoms with Crippen LogP contribution in [0.25, 0.3) is 0 Å². The van der Waals surface area contributed by atoms with Crippen LogP contribution in [0.3, 0.4) is 0 Å². The van der Waals surface area contributed by atoms with Crippen molar-refractivity contribution in [2.75, 3.05) is 51.8 Å². The largest absolute Gasteiger partial charge is 0.452 e. The summed E-state index contributed by atoms with van der Waals surface area (Å²) in [4.78, 5) is 29.4. The van der Waals surface area contributed by atoms with Gasteiger partial charge in [-0.2, -0.15) is 0 Å². The summed E-state index contributed by atoms with van der Waals surface area (Å²) >= 11 is 0. The zero-order chi connectivity index (χ0) is 22.6. The van der Waals surface area contributed by atoms with E-state index in [2.05, 4.69) is 4.90 Å². The lowest BCUT2D eigenvalue weighted by atomic mass is 10.1. The molecule has 1 aromatic carbocycles. The van der Waals surface area contributed by atoms with Crippen molar-refractivity contribution >= 4 is 27.6 Å². The van der Waals surface area contributed by atoms with Crippen LogP contribution in [0.5, 0.6) is 0 Å². The van der Waals surface area contributed by atoms with E-state index >= 15 is 0 Å². The zero-order valence-corrected chi connectivity index (χ0v) is 19.5. The van der Waals surface area contributed by atoms with Crippen molar-refractivity contribution in [3.05, 3.63) is 23.8 Å². The minimum absolute atomic E-state index is 0.0278. The van der Waals surface area contributed by atoms with Crippen LogP contribution in [-0.2, 0) is 19.6 Å². The summed E-state index contributed by atoms with van der Waals surface area (Å²) < 4.78 is 31.6. The highest BCUT2D eigenvalue weighted by atomic mass is 32.2. The minimum atomic E-state index is -3.70. The van der Waals surface area contributed by atoms with Gasteiger partial charge in [0.2, 0.25) is 10.0 Å². The van der Waals surface area contributed by atoms with Gasteiger partial charge in [-0.3, -0.25) is 4.79 Å². The molecule has 1 saturated heterocycles. The van der Waals surface area contributed by atoms with Gasteiger partial charge < -0.3 is 14.5 Å². The van der Waals surface area contributed by atoms with Gasteiger partial charge in [-0.1, -0.05) is 6.92 Å². The Morgan fingerprint density at radius 1 is 1.16 bits per heavy atom. The summed E-state index contributed by atoms with van der Waals surface area (Å²) in [5.41, 5.74) is 0.831. The van der Waals surface area contributed by atoms with Gasteiger partial charge in [0.1, 0.15) is 0 Å². The number of sulfonamides is 1. The van der Waals surface area contributed by atoms with Crippen molar-refractivity contribution in [2.45, 2.75) is 43.9 Å². The Hall–Kier alpha value is -2.13. The number of esters is 1.